The number of nitriles is 1. The van der Waals surface area contributed by atoms with Gasteiger partial charge in [-0.05, 0) is 38.6 Å². The molecule has 0 atom stereocenters. The second-order valence-corrected chi connectivity index (χ2v) is 4.98. The topological polar surface area (TPSA) is 64.9 Å². The first-order chi connectivity index (χ1) is 9.61. The van der Waals surface area contributed by atoms with Gasteiger partial charge in [0, 0.05) is 5.69 Å². The van der Waals surface area contributed by atoms with Gasteiger partial charge in [-0.3, -0.25) is 4.79 Å². The number of carbonyl (C=O) groups is 1. The molecule has 1 aromatic rings. The lowest BCUT2D eigenvalue weighted by Crippen LogP contribution is -2.49. The summed E-state index contributed by atoms with van der Waals surface area (Å²) < 4.78 is 38.5. The second kappa shape index (κ2) is 6.14. The normalized spacial score (nSPS) is 11.9. The van der Waals surface area contributed by atoms with Crippen LogP contribution in [0.5, 0.6) is 0 Å². The van der Waals surface area contributed by atoms with Gasteiger partial charge in [0.15, 0.2) is 0 Å². The Morgan fingerprint density at radius 3 is 2.43 bits per heavy atom. The quantitative estimate of drug-likeness (QED) is 0.898. The minimum absolute atomic E-state index is 0.00250. The SMILES string of the molecule is CCNC(C)(C)C(=O)Nc1ccc(C#N)c(C(F)(F)F)c1. The minimum Gasteiger partial charge on any atom is -0.324 e. The third kappa shape index (κ3) is 4.20. The summed E-state index contributed by atoms with van der Waals surface area (Å²) in [6, 6.07) is 4.56. The van der Waals surface area contributed by atoms with Crippen LogP contribution in [0.25, 0.3) is 0 Å². The minimum atomic E-state index is -4.65. The molecule has 1 rings (SSSR count). The molecule has 0 radical (unpaired) electrons. The van der Waals surface area contributed by atoms with Gasteiger partial charge in [0.1, 0.15) is 0 Å². The van der Waals surface area contributed by atoms with Crippen LogP contribution in [0.4, 0.5) is 18.9 Å². The largest absolute Gasteiger partial charge is 0.417 e. The Labute approximate surface area is 121 Å². The molecule has 2 N–H and O–H groups in total. The third-order valence-corrected chi connectivity index (χ3v) is 2.89. The summed E-state index contributed by atoms with van der Waals surface area (Å²) in [5.74, 6) is -0.456. The first-order valence-electron chi connectivity index (χ1n) is 6.29. The maximum absolute atomic E-state index is 12.8. The Morgan fingerprint density at radius 1 is 1.33 bits per heavy atom. The van der Waals surface area contributed by atoms with Gasteiger partial charge in [-0.2, -0.15) is 18.4 Å². The zero-order valence-electron chi connectivity index (χ0n) is 11.9. The molecule has 1 aromatic carbocycles. The Hall–Kier alpha value is -2.07. The highest BCUT2D eigenvalue weighted by Crippen LogP contribution is 2.33. The molecule has 0 unspecified atom stereocenters. The number of carbonyl (C=O) groups excluding carboxylic acids is 1. The molecule has 0 bridgehead atoms. The van der Waals surface area contributed by atoms with Crippen molar-refractivity contribution in [1.82, 2.24) is 5.32 Å². The van der Waals surface area contributed by atoms with Crippen molar-refractivity contribution in [2.75, 3.05) is 11.9 Å². The number of anilines is 1. The standard InChI is InChI=1S/C14H16F3N3O/c1-4-19-13(2,3)12(21)20-10-6-5-9(8-18)11(7-10)14(15,16)17/h5-7,19H,4H2,1-3H3,(H,20,21). The van der Waals surface area contributed by atoms with E-state index in [-0.39, 0.29) is 5.69 Å². The number of hydrogen-bond acceptors (Lipinski definition) is 3. The molecule has 0 heterocycles. The van der Waals surface area contributed by atoms with Crippen LogP contribution in [0.3, 0.4) is 0 Å². The molecule has 4 nitrogen and oxygen atoms in total. The predicted molar refractivity (Wildman–Crippen MR) is 72.5 cm³/mol. The maximum atomic E-state index is 12.8. The average molecular weight is 299 g/mol. The van der Waals surface area contributed by atoms with Crippen LogP contribution >= 0.6 is 0 Å². The molecule has 0 aliphatic rings. The third-order valence-electron chi connectivity index (χ3n) is 2.89. The number of nitrogens with zero attached hydrogens (tertiary/aromatic N) is 1. The number of amides is 1. The van der Waals surface area contributed by atoms with Crippen molar-refractivity contribution in [3.63, 3.8) is 0 Å². The zero-order chi connectivity index (χ0) is 16.3. The molecular formula is C14H16F3N3O. The van der Waals surface area contributed by atoms with Gasteiger partial charge in [0.05, 0.1) is 22.7 Å². The molecule has 1 amide bonds. The Bertz CT molecular complexity index is 574. The molecule has 0 spiro atoms. The van der Waals surface area contributed by atoms with Gasteiger partial charge in [0.2, 0.25) is 5.91 Å². The maximum Gasteiger partial charge on any atom is 0.417 e. The highest BCUT2D eigenvalue weighted by molar-refractivity contribution is 5.97. The highest BCUT2D eigenvalue weighted by atomic mass is 19.4. The van der Waals surface area contributed by atoms with Crippen molar-refractivity contribution in [2.45, 2.75) is 32.5 Å². The van der Waals surface area contributed by atoms with Gasteiger partial charge in [-0.1, -0.05) is 6.92 Å². The van der Waals surface area contributed by atoms with E-state index in [4.69, 9.17) is 5.26 Å². The Balaban J connectivity index is 3.07. The molecule has 0 aliphatic carbocycles. The number of nitrogens with one attached hydrogen (secondary N) is 2. The number of likely N-dealkylation sites (N-methyl/N-ethyl adjacent to an activating group) is 1. The van der Waals surface area contributed by atoms with Gasteiger partial charge < -0.3 is 10.6 Å². The van der Waals surface area contributed by atoms with Gasteiger partial charge in [-0.25, -0.2) is 0 Å². The monoisotopic (exact) mass is 299 g/mol. The van der Waals surface area contributed by atoms with Crippen LogP contribution in [0.2, 0.25) is 0 Å². The summed E-state index contributed by atoms with van der Waals surface area (Å²) in [6.07, 6.45) is -4.65. The van der Waals surface area contributed by atoms with Crippen molar-refractivity contribution < 1.29 is 18.0 Å². The van der Waals surface area contributed by atoms with Crippen LogP contribution < -0.4 is 10.6 Å². The summed E-state index contributed by atoms with van der Waals surface area (Å²) in [5.41, 5.74) is -2.46. The molecule has 0 saturated heterocycles. The fourth-order valence-electron chi connectivity index (χ4n) is 1.76. The van der Waals surface area contributed by atoms with E-state index in [9.17, 15) is 18.0 Å². The number of rotatable bonds is 4. The first-order valence-corrected chi connectivity index (χ1v) is 6.29. The molecule has 0 saturated carbocycles. The van der Waals surface area contributed by atoms with E-state index in [2.05, 4.69) is 10.6 Å². The van der Waals surface area contributed by atoms with Crippen LogP contribution in [0.1, 0.15) is 31.9 Å². The summed E-state index contributed by atoms with van der Waals surface area (Å²) in [6.45, 7) is 5.61. The number of benzene rings is 1. The summed E-state index contributed by atoms with van der Waals surface area (Å²) in [4.78, 5) is 12.0. The van der Waals surface area contributed by atoms with Crippen molar-refractivity contribution in [3.8, 4) is 6.07 Å². The Morgan fingerprint density at radius 2 is 1.95 bits per heavy atom. The molecule has 0 fully saturated rings. The first kappa shape index (κ1) is 17.0. The number of hydrogen-bond donors (Lipinski definition) is 2. The fourth-order valence-corrected chi connectivity index (χ4v) is 1.76. The van der Waals surface area contributed by atoms with Crippen LogP contribution in [-0.2, 0) is 11.0 Å². The van der Waals surface area contributed by atoms with E-state index in [1.807, 2.05) is 6.92 Å². The molecular weight excluding hydrogens is 283 g/mol. The Kier molecular flexibility index (Phi) is 4.97. The zero-order valence-corrected chi connectivity index (χ0v) is 11.9. The van der Waals surface area contributed by atoms with E-state index in [0.717, 1.165) is 12.1 Å². The molecule has 7 heteroatoms. The molecule has 21 heavy (non-hydrogen) atoms. The van der Waals surface area contributed by atoms with E-state index in [1.165, 1.54) is 12.1 Å². The van der Waals surface area contributed by atoms with E-state index < -0.39 is 28.7 Å². The van der Waals surface area contributed by atoms with Crippen molar-refractivity contribution in [3.05, 3.63) is 29.3 Å². The lowest BCUT2D eigenvalue weighted by atomic mass is 10.0. The lowest BCUT2D eigenvalue weighted by molar-refractivity contribution is -0.137. The lowest BCUT2D eigenvalue weighted by Gasteiger charge is -2.24. The van der Waals surface area contributed by atoms with Gasteiger partial charge in [0.25, 0.3) is 0 Å². The smallest absolute Gasteiger partial charge is 0.324 e. The van der Waals surface area contributed by atoms with E-state index in [0.29, 0.717) is 6.54 Å². The second-order valence-electron chi connectivity index (χ2n) is 4.98. The van der Waals surface area contributed by atoms with Crippen molar-refractivity contribution in [2.24, 2.45) is 0 Å². The molecule has 0 aliphatic heterocycles. The molecule has 0 aromatic heterocycles. The van der Waals surface area contributed by atoms with Gasteiger partial charge >= 0.3 is 6.18 Å². The van der Waals surface area contributed by atoms with E-state index in [1.54, 1.807) is 13.8 Å². The van der Waals surface area contributed by atoms with Crippen molar-refractivity contribution >= 4 is 11.6 Å². The summed E-state index contributed by atoms with van der Waals surface area (Å²) >= 11 is 0. The number of halogens is 3. The molecule has 114 valence electrons. The van der Waals surface area contributed by atoms with Crippen LogP contribution in [0.15, 0.2) is 18.2 Å². The summed E-state index contributed by atoms with van der Waals surface area (Å²) in [5, 5.41) is 14.0. The van der Waals surface area contributed by atoms with E-state index >= 15 is 0 Å². The highest BCUT2D eigenvalue weighted by Gasteiger charge is 2.34. The van der Waals surface area contributed by atoms with Crippen LogP contribution in [-0.4, -0.2) is 18.0 Å². The van der Waals surface area contributed by atoms with Gasteiger partial charge in [-0.15, -0.1) is 0 Å². The fraction of sp³-hybridized carbons (Fsp3) is 0.429. The summed E-state index contributed by atoms with van der Waals surface area (Å²) in [7, 11) is 0. The number of alkyl halides is 3. The van der Waals surface area contributed by atoms with Crippen LogP contribution in [0, 0.1) is 11.3 Å². The predicted octanol–water partition coefficient (Wildman–Crippen LogP) is 2.90. The van der Waals surface area contributed by atoms with Crippen molar-refractivity contribution in [1.29, 1.82) is 5.26 Å². The average Bonchev–Trinajstić information content (AvgIpc) is 2.37.